The Morgan fingerprint density at radius 1 is 1.06 bits per heavy atom. The van der Waals surface area contributed by atoms with Crippen molar-refractivity contribution >= 4 is 29.8 Å². The van der Waals surface area contributed by atoms with Crippen LogP contribution in [-0.4, -0.2) is 61.7 Å². The first-order valence-electron chi connectivity index (χ1n) is 9.87. The van der Waals surface area contributed by atoms with Gasteiger partial charge in [-0.3, -0.25) is 4.79 Å². The van der Waals surface area contributed by atoms with Crippen LogP contribution in [0.4, 0.5) is 5.69 Å². The number of rotatable bonds is 7. The first-order chi connectivity index (χ1) is 14.9. The predicted octanol–water partition coefficient (Wildman–Crippen LogP) is 3.62. The van der Waals surface area contributed by atoms with E-state index in [2.05, 4.69) is 46.5 Å². The zero-order chi connectivity index (χ0) is 22.8. The monoisotopic (exact) mass is 442 g/mol. The highest BCUT2D eigenvalue weighted by Gasteiger charge is 2.16. The van der Waals surface area contributed by atoms with Crippen LogP contribution in [0.2, 0.25) is 0 Å². The van der Waals surface area contributed by atoms with Gasteiger partial charge in [-0.15, -0.1) is 0 Å². The summed E-state index contributed by atoms with van der Waals surface area (Å²) >= 11 is 5.03. The third-order valence-corrected chi connectivity index (χ3v) is 4.84. The van der Waals surface area contributed by atoms with Crippen molar-refractivity contribution in [2.75, 3.05) is 25.0 Å². The molecule has 0 spiro atoms. The van der Waals surface area contributed by atoms with Gasteiger partial charge in [0.05, 0.1) is 16.8 Å². The van der Waals surface area contributed by atoms with Crippen molar-refractivity contribution in [3.05, 3.63) is 64.4 Å². The molecule has 31 heavy (non-hydrogen) atoms. The minimum Gasteiger partial charge on any atom is -0.478 e. The van der Waals surface area contributed by atoms with Crippen molar-refractivity contribution in [3.8, 4) is 5.69 Å². The number of carbonyl (C=O) groups is 2. The highest BCUT2D eigenvalue weighted by Crippen LogP contribution is 2.16. The third-order valence-electron chi connectivity index (χ3n) is 4.58. The third kappa shape index (κ3) is 6.56. The Labute approximate surface area is 185 Å². The predicted molar refractivity (Wildman–Crippen MR) is 121 cm³/mol. The number of aromatic carboxylic acids is 1. The number of carbonyl (C=O) groups excluding carboxylic acids is 1. The van der Waals surface area contributed by atoms with Crippen LogP contribution in [0.1, 0.15) is 41.5 Å². The highest BCUT2D eigenvalue weighted by atomic mass is 32.1. The lowest BCUT2D eigenvalue weighted by Crippen LogP contribution is -2.21. The molecule has 0 fully saturated rings. The van der Waals surface area contributed by atoms with Crippen molar-refractivity contribution < 1.29 is 14.7 Å². The Morgan fingerprint density at radius 3 is 2.23 bits per heavy atom. The average molecular weight is 443 g/mol. The van der Waals surface area contributed by atoms with Crippen molar-refractivity contribution in [3.63, 3.8) is 0 Å². The Kier molecular flexibility index (Phi) is 9.04. The summed E-state index contributed by atoms with van der Waals surface area (Å²) in [5.74, 6) is -1.68. The van der Waals surface area contributed by atoms with Crippen LogP contribution in [0.15, 0.2) is 48.5 Å². The van der Waals surface area contributed by atoms with Crippen molar-refractivity contribution in [2.45, 2.75) is 20.8 Å². The van der Waals surface area contributed by atoms with Crippen LogP contribution in [0.5, 0.6) is 0 Å². The molecule has 0 saturated heterocycles. The molecular formula is C21H26N6O3S. The average Bonchev–Trinajstić information content (AvgIpc) is 3.21. The molecule has 0 aliphatic rings. The lowest BCUT2D eigenvalue weighted by atomic mass is 10.1. The van der Waals surface area contributed by atoms with Crippen LogP contribution in [-0.2, 0) is 0 Å². The molecule has 164 valence electrons. The molecule has 0 aliphatic carbocycles. The van der Waals surface area contributed by atoms with Gasteiger partial charge in [-0.2, -0.15) is 5.21 Å². The number of anilines is 1. The number of tetrazole rings is 1. The van der Waals surface area contributed by atoms with Crippen molar-refractivity contribution in [1.29, 1.82) is 0 Å². The number of carboxylic acid groups (broad SMARTS) is 1. The van der Waals surface area contributed by atoms with E-state index >= 15 is 0 Å². The van der Waals surface area contributed by atoms with E-state index in [-0.39, 0.29) is 15.9 Å². The second-order valence-electron chi connectivity index (χ2n) is 6.39. The van der Waals surface area contributed by atoms with Gasteiger partial charge in [-0.25, -0.2) is 9.48 Å². The number of amides is 1. The summed E-state index contributed by atoms with van der Waals surface area (Å²) in [6, 6.07) is 12.8. The topological polar surface area (TPSA) is 116 Å². The second kappa shape index (κ2) is 11.7. The molecule has 2 aromatic carbocycles. The Morgan fingerprint density at radius 2 is 1.71 bits per heavy atom. The Bertz CT molecular complexity index is 1070. The van der Waals surface area contributed by atoms with Crippen LogP contribution < -0.4 is 5.32 Å². The van der Waals surface area contributed by atoms with Gasteiger partial charge in [0.15, 0.2) is 0 Å². The highest BCUT2D eigenvalue weighted by molar-refractivity contribution is 7.71. The summed E-state index contributed by atoms with van der Waals surface area (Å²) in [6.07, 6.45) is 0. The Hall–Kier alpha value is -3.37. The lowest BCUT2D eigenvalue weighted by Gasteiger charge is -2.13. The molecule has 0 unspecified atom stereocenters. The SMILES string of the molecule is CCN(CC)CC.O=C(O)c1ccccc1C(=O)Nc1cccc(-n2[nH]nnc2=S)c1. The van der Waals surface area contributed by atoms with Gasteiger partial charge in [0, 0.05) is 5.69 Å². The fraction of sp³-hybridized carbons (Fsp3) is 0.286. The van der Waals surface area contributed by atoms with Crippen molar-refractivity contribution in [2.24, 2.45) is 0 Å². The van der Waals surface area contributed by atoms with E-state index in [0.29, 0.717) is 11.4 Å². The minimum absolute atomic E-state index is 0.0638. The molecule has 0 saturated carbocycles. The molecule has 3 N–H and O–H groups in total. The van der Waals surface area contributed by atoms with Gasteiger partial charge < -0.3 is 15.3 Å². The Balaban J connectivity index is 0.000000423. The molecule has 0 bridgehead atoms. The van der Waals surface area contributed by atoms with Gasteiger partial charge in [0.2, 0.25) is 4.77 Å². The van der Waals surface area contributed by atoms with Crippen LogP contribution in [0.3, 0.4) is 0 Å². The minimum atomic E-state index is -1.16. The van der Waals surface area contributed by atoms with Crippen LogP contribution in [0.25, 0.3) is 5.69 Å². The van der Waals surface area contributed by atoms with E-state index in [4.69, 9.17) is 17.3 Å². The molecular weight excluding hydrogens is 416 g/mol. The molecule has 10 heteroatoms. The number of hydrogen-bond acceptors (Lipinski definition) is 6. The van der Waals surface area contributed by atoms with Gasteiger partial charge in [0.25, 0.3) is 5.91 Å². The largest absolute Gasteiger partial charge is 0.478 e. The number of carboxylic acids is 1. The molecule has 1 heterocycles. The smallest absolute Gasteiger partial charge is 0.336 e. The van der Waals surface area contributed by atoms with Crippen LogP contribution >= 0.6 is 12.2 Å². The molecule has 0 radical (unpaired) electrons. The van der Waals surface area contributed by atoms with Gasteiger partial charge in [-0.1, -0.05) is 49.3 Å². The number of aromatic nitrogens is 4. The summed E-state index contributed by atoms with van der Waals surface area (Å²) in [6.45, 7) is 10.1. The number of nitrogens with zero attached hydrogens (tertiary/aromatic N) is 4. The van der Waals surface area contributed by atoms with Gasteiger partial charge in [-0.05, 0) is 62.2 Å². The molecule has 0 atom stereocenters. The van der Waals surface area contributed by atoms with Crippen LogP contribution in [0, 0.1) is 4.77 Å². The zero-order valence-corrected chi connectivity index (χ0v) is 18.5. The van der Waals surface area contributed by atoms with E-state index in [1.54, 1.807) is 36.4 Å². The molecule has 1 aromatic heterocycles. The molecule has 1 amide bonds. The first-order valence-corrected chi connectivity index (χ1v) is 10.3. The first kappa shape index (κ1) is 23.9. The molecule has 9 nitrogen and oxygen atoms in total. The fourth-order valence-electron chi connectivity index (χ4n) is 2.83. The number of benzene rings is 2. The van der Waals surface area contributed by atoms with Gasteiger partial charge >= 0.3 is 5.97 Å². The maximum atomic E-state index is 12.4. The van der Waals surface area contributed by atoms with E-state index in [1.165, 1.54) is 36.4 Å². The summed E-state index contributed by atoms with van der Waals surface area (Å²) in [4.78, 5) is 26.0. The number of aromatic amines is 1. The van der Waals surface area contributed by atoms with E-state index in [9.17, 15) is 9.59 Å². The normalized spacial score (nSPS) is 10.3. The molecule has 3 rings (SSSR count). The summed E-state index contributed by atoms with van der Waals surface area (Å²) < 4.78 is 1.71. The summed E-state index contributed by atoms with van der Waals surface area (Å²) in [5.41, 5.74) is 1.13. The van der Waals surface area contributed by atoms with E-state index < -0.39 is 11.9 Å². The fourth-order valence-corrected chi connectivity index (χ4v) is 3.01. The summed E-state index contributed by atoms with van der Waals surface area (Å²) in [5, 5.41) is 21.7. The number of H-pyrrole nitrogens is 1. The standard InChI is InChI=1S/C15H11N5O3S.C6H15N/c21-13(11-6-1-2-7-12(11)14(22)23)16-9-4-3-5-10(8-9)20-15(24)17-18-19-20;1-4-7(5-2)6-3/h1-8H,(H,16,21)(H,22,23)(H,17,19,24);4-6H2,1-3H3. The zero-order valence-electron chi connectivity index (χ0n) is 17.7. The quantitative estimate of drug-likeness (QED) is 0.479. The maximum Gasteiger partial charge on any atom is 0.336 e. The summed E-state index contributed by atoms with van der Waals surface area (Å²) in [7, 11) is 0. The second-order valence-corrected chi connectivity index (χ2v) is 6.76. The number of hydrogen-bond donors (Lipinski definition) is 3. The molecule has 0 aliphatic heterocycles. The lowest BCUT2D eigenvalue weighted by molar-refractivity contribution is 0.0692. The number of nitrogens with one attached hydrogen (secondary N) is 2. The van der Waals surface area contributed by atoms with Crippen molar-refractivity contribution in [1.82, 2.24) is 25.1 Å². The van der Waals surface area contributed by atoms with E-state index in [0.717, 1.165) is 0 Å². The maximum absolute atomic E-state index is 12.4. The van der Waals surface area contributed by atoms with E-state index in [1.807, 2.05) is 0 Å². The van der Waals surface area contributed by atoms with Gasteiger partial charge in [0.1, 0.15) is 0 Å². The molecule has 3 aromatic rings.